The molecule has 0 aliphatic carbocycles. The van der Waals surface area contributed by atoms with Gasteiger partial charge in [-0.15, -0.1) is 0 Å². The van der Waals surface area contributed by atoms with Gasteiger partial charge in [0.2, 0.25) is 0 Å². The predicted molar refractivity (Wildman–Crippen MR) is 87.1 cm³/mol. The van der Waals surface area contributed by atoms with Gasteiger partial charge in [0.1, 0.15) is 0 Å². The number of rotatable bonds is 15. The van der Waals surface area contributed by atoms with E-state index in [1.54, 1.807) is 0 Å². The molecule has 0 amide bonds. The van der Waals surface area contributed by atoms with Gasteiger partial charge >= 0.3 is 5.97 Å². The van der Waals surface area contributed by atoms with Gasteiger partial charge in [-0.2, -0.15) is 0 Å². The zero-order valence-corrected chi connectivity index (χ0v) is 13.4. The van der Waals surface area contributed by atoms with Gasteiger partial charge < -0.3 is 5.11 Å². The van der Waals surface area contributed by atoms with Crippen LogP contribution in [0.3, 0.4) is 0 Å². The van der Waals surface area contributed by atoms with E-state index in [1.807, 2.05) is 0 Å². The van der Waals surface area contributed by atoms with Crippen molar-refractivity contribution in [2.24, 2.45) is 0 Å². The third-order valence-electron chi connectivity index (χ3n) is 3.65. The Balaban J connectivity index is 3.05. The smallest absolute Gasteiger partial charge is 0.303 e. The lowest BCUT2D eigenvalue weighted by molar-refractivity contribution is -0.137. The van der Waals surface area contributed by atoms with Crippen LogP contribution in [0.1, 0.15) is 96.8 Å². The number of aliphatic carboxylic acids is 1. The standard InChI is InChI=1S/C18H34O2/c1-2-3-4-5-6-7-8-9-10-11-12-13-14-15-16-17-18(19)20/h13-14H,2-12,15-17H2,1H3,(H,19,20). The maximum Gasteiger partial charge on any atom is 0.303 e. The Morgan fingerprint density at radius 2 is 1.20 bits per heavy atom. The van der Waals surface area contributed by atoms with Crippen LogP contribution >= 0.6 is 0 Å². The number of hydrogen-bond donors (Lipinski definition) is 1. The number of unbranched alkanes of at least 4 members (excludes halogenated alkanes) is 11. The van der Waals surface area contributed by atoms with Crippen molar-refractivity contribution in [3.8, 4) is 0 Å². The van der Waals surface area contributed by atoms with E-state index in [9.17, 15) is 4.79 Å². The van der Waals surface area contributed by atoms with Crippen LogP contribution in [0, 0.1) is 0 Å². The van der Waals surface area contributed by atoms with Gasteiger partial charge in [0, 0.05) is 6.42 Å². The van der Waals surface area contributed by atoms with Gasteiger partial charge in [-0.05, 0) is 25.7 Å². The Morgan fingerprint density at radius 1 is 0.750 bits per heavy atom. The molecule has 2 nitrogen and oxygen atoms in total. The molecule has 0 saturated carbocycles. The molecular weight excluding hydrogens is 248 g/mol. The average molecular weight is 282 g/mol. The molecule has 0 fully saturated rings. The number of allylic oxidation sites excluding steroid dienone is 2. The summed E-state index contributed by atoms with van der Waals surface area (Å²) in [6.45, 7) is 2.26. The van der Waals surface area contributed by atoms with E-state index in [1.165, 1.54) is 64.2 Å². The van der Waals surface area contributed by atoms with E-state index in [-0.39, 0.29) is 0 Å². The lowest BCUT2D eigenvalue weighted by atomic mass is 10.1. The molecule has 0 aliphatic rings. The Labute approximate surface area is 125 Å². The van der Waals surface area contributed by atoms with E-state index < -0.39 is 5.97 Å². The molecule has 0 rings (SSSR count). The highest BCUT2D eigenvalue weighted by Gasteiger charge is 1.94. The van der Waals surface area contributed by atoms with Crippen molar-refractivity contribution in [1.82, 2.24) is 0 Å². The van der Waals surface area contributed by atoms with Gasteiger partial charge in [-0.3, -0.25) is 4.79 Å². The summed E-state index contributed by atoms with van der Waals surface area (Å²) in [7, 11) is 0. The molecule has 118 valence electrons. The largest absolute Gasteiger partial charge is 0.481 e. The Morgan fingerprint density at radius 3 is 1.70 bits per heavy atom. The Hall–Kier alpha value is -0.790. The van der Waals surface area contributed by atoms with E-state index in [4.69, 9.17) is 5.11 Å². The monoisotopic (exact) mass is 282 g/mol. The van der Waals surface area contributed by atoms with Crippen LogP contribution in [-0.2, 0) is 4.79 Å². The van der Waals surface area contributed by atoms with Crippen LogP contribution in [0.4, 0.5) is 0 Å². The van der Waals surface area contributed by atoms with E-state index in [0.717, 1.165) is 19.3 Å². The molecule has 2 heteroatoms. The average Bonchev–Trinajstić information content (AvgIpc) is 2.43. The van der Waals surface area contributed by atoms with Gasteiger partial charge in [-0.1, -0.05) is 76.9 Å². The molecule has 0 saturated heterocycles. The minimum absolute atomic E-state index is 0.294. The summed E-state index contributed by atoms with van der Waals surface area (Å²) >= 11 is 0. The van der Waals surface area contributed by atoms with Crippen LogP contribution in [0.15, 0.2) is 12.2 Å². The lowest BCUT2D eigenvalue weighted by Gasteiger charge is -2.01. The van der Waals surface area contributed by atoms with Crippen molar-refractivity contribution in [2.75, 3.05) is 0 Å². The molecule has 0 radical (unpaired) electrons. The van der Waals surface area contributed by atoms with Crippen LogP contribution in [0.25, 0.3) is 0 Å². The van der Waals surface area contributed by atoms with Gasteiger partial charge in [0.15, 0.2) is 0 Å². The molecule has 0 aromatic rings. The minimum Gasteiger partial charge on any atom is -0.481 e. The molecule has 20 heavy (non-hydrogen) atoms. The van der Waals surface area contributed by atoms with Crippen molar-refractivity contribution in [2.45, 2.75) is 96.8 Å². The maximum absolute atomic E-state index is 10.3. The second kappa shape index (κ2) is 16.3. The summed E-state index contributed by atoms with van der Waals surface area (Å²) in [5, 5.41) is 8.49. The first-order chi connectivity index (χ1) is 9.77. The maximum atomic E-state index is 10.3. The highest BCUT2D eigenvalue weighted by atomic mass is 16.4. The Bertz CT molecular complexity index is 234. The first-order valence-electron chi connectivity index (χ1n) is 8.64. The fourth-order valence-electron chi connectivity index (χ4n) is 2.36. The highest BCUT2D eigenvalue weighted by Crippen LogP contribution is 2.11. The molecule has 1 N–H and O–H groups in total. The molecule has 0 heterocycles. The highest BCUT2D eigenvalue weighted by molar-refractivity contribution is 5.66. The van der Waals surface area contributed by atoms with Crippen molar-refractivity contribution in [3.63, 3.8) is 0 Å². The Kier molecular flexibility index (Phi) is 15.6. The predicted octanol–water partition coefficient (Wildman–Crippen LogP) is 6.11. The fraction of sp³-hybridized carbons (Fsp3) is 0.833. The number of hydrogen-bond acceptors (Lipinski definition) is 1. The quantitative estimate of drug-likeness (QED) is 0.291. The first kappa shape index (κ1) is 19.2. The van der Waals surface area contributed by atoms with Crippen LogP contribution in [-0.4, -0.2) is 11.1 Å². The van der Waals surface area contributed by atoms with Crippen molar-refractivity contribution in [3.05, 3.63) is 12.2 Å². The molecule has 0 atom stereocenters. The van der Waals surface area contributed by atoms with Crippen molar-refractivity contribution >= 4 is 5.97 Å². The SMILES string of the molecule is CCCCCCCCCCCCC=CCCCC(=O)O. The normalized spacial score (nSPS) is 11.2. The molecule has 0 aromatic carbocycles. The number of carbonyl (C=O) groups is 1. The van der Waals surface area contributed by atoms with Crippen LogP contribution in [0.2, 0.25) is 0 Å². The molecule has 0 aromatic heterocycles. The third kappa shape index (κ3) is 17.2. The van der Waals surface area contributed by atoms with Crippen molar-refractivity contribution < 1.29 is 9.90 Å². The fourth-order valence-corrected chi connectivity index (χ4v) is 2.36. The molecular formula is C18H34O2. The molecule has 0 aliphatic heterocycles. The third-order valence-corrected chi connectivity index (χ3v) is 3.65. The molecule has 0 unspecified atom stereocenters. The first-order valence-corrected chi connectivity index (χ1v) is 8.64. The second-order valence-corrected chi connectivity index (χ2v) is 5.73. The summed E-state index contributed by atoms with van der Waals surface area (Å²) in [4.78, 5) is 10.3. The summed E-state index contributed by atoms with van der Waals surface area (Å²) in [5.74, 6) is -0.687. The molecule has 0 bridgehead atoms. The molecule has 0 spiro atoms. The van der Waals surface area contributed by atoms with Gasteiger partial charge in [0.05, 0.1) is 0 Å². The van der Waals surface area contributed by atoms with Crippen LogP contribution < -0.4 is 0 Å². The van der Waals surface area contributed by atoms with Gasteiger partial charge in [-0.25, -0.2) is 0 Å². The summed E-state index contributed by atoms with van der Waals surface area (Å²) < 4.78 is 0. The summed E-state index contributed by atoms with van der Waals surface area (Å²) in [6.07, 6.45) is 21.3. The zero-order chi connectivity index (χ0) is 14.9. The van der Waals surface area contributed by atoms with Gasteiger partial charge in [0.25, 0.3) is 0 Å². The summed E-state index contributed by atoms with van der Waals surface area (Å²) in [5.41, 5.74) is 0. The zero-order valence-electron chi connectivity index (χ0n) is 13.4. The second-order valence-electron chi connectivity index (χ2n) is 5.73. The topological polar surface area (TPSA) is 37.3 Å². The van der Waals surface area contributed by atoms with E-state index in [0.29, 0.717) is 6.42 Å². The lowest BCUT2D eigenvalue weighted by Crippen LogP contribution is -1.92. The van der Waals surface area contributed by atoms with Crippen LogP contribution in [0.5, 0.6) is 0 Å². The van der Waals surface area contributed by atoms with E-state index >= 15 is 0 Å². The van der Waals surface area contributed by atoms with Crippen molar-refractivity contribution in [1.29, 1.82) is 0 Å². The van der Waals surface area contributed by atoms with E-state index in [2.05, 4.69) is 19.1 Å². The minimum atomic E-state index is -0.687. The summed E-state index contributed by atoms with van der Waals surface area (Å²) in [6, 6.07) is 0. The number of carboxylic acid groups (broad SMARTS) is 1. The number of carboxylic acids is 1.